The summed E-state index contributed by atoms with van der Waals surface area (Å²) in [4.78, 5) is 11.2. The Bertz CT molecular complexity index is 688. The van der Waals surface area contributed by atoms with E-state index in [1.165, 1.54) is 30.3 Å². The molecule has 2 aromatic rings. The van der Waals surface area contributed by atoms with Gasteiger partial charge in [0.1, 0.15) is 5.82 Å². The molecule has 20 heavy (non-hydrogen) atoms. The van der Waals surface area contributed by atoms with E-state index in [4.69, 9.17) is 16.7 Å². The molecule has 6 heteroatoms. The SMILES string of the molecule is O=C(O)c1cccc(S(=O)Cc2ccc(Cl)c(F)c2)c1. The number of hydrogen-bond donors (Lipinski definition) is 1. The highest BCUT2D eigenvalue weighted by Gasteiger charge is 2.10. The summed E-state index contributed by atoms with van der Waals surface area (Å²) in [5.41, 5.74) is 0.601. The molecule has 0 spiro atoms. The summed E-state index contributed by atoms with van der Waals surface area (Å²) in [6.07, 6.45) is 0. The minimum atomic E-state index is -1.45. The summed E-state index contributed by atoms with van der Waals surface area (Å²) in [5, 5.41) is 8.89. The van der Waals surface area contributed by atoms with E-state index < -0.39 is 22.6 Å². The first-order chi connectivity index (χ1) is 9.47. The predicted molar refractivity (Wildman–Crippen MR) is 74.9 cm³/mol. The highest BCUT2D eigenvalue weighted by Crippen LogP contribution is 2.19. The van der Waals surface area contributed by atoms with Gasteiger partial charge in [0.25, 0.3) is 0 Å². The lowest BCUT2D eigenvalue weighted by Gasteiger charge is -2.05. The Hall–Kier alpha value is -1.72. The van der Waals surface area contributed by atoms with Crippen LogP contribution >= 0.6 is 11.6 Å². The molecule has 0 heterocycles. The lowest BCUT2D eigenvalue weighted by Crippen LogP contribution is -2.01. The lowest BCUT2D eigenvalue weighted by atomic mass is 10.2. The number of carboxylic acid groups (broad SMARTS) is 1. The maximum atomic E-state index is 13.3. The Labute approximate surface area is 122 Å². The van der Waals surface area contributed by atoms with Crippen molar-refractivity contribution in [3.8, 4) is 0 Å². The number of carbonyl (C=O) groups is 1. The summed E-state index contributed by atoms with van der Waals surface area (Å²) in [5.74, 6) is -1.56. The summed E-state index contributed by atoms with van der Waals surface area (Å²) >= 11 is 5.57. The second-order valence-electron chi connectivity index (χ2n) is 4.07. The summed E-state index contributed by atoms with van der Waals surface area (Å²) in [7, 11) is -1.45. The Balaban J connectivity index is 2.21. The van der Waals surface area contributed by atoms with Gasteiger partial charge in [0.15, 0.2) is 0 Å². The first-order valence-electron chi connectivity index (χ1n) is 5.63. The first kappa shape index (κ1) is 14.7. The van der Waals surface area contributed by atoms with Gasteiger partial charge in [-0.25, -0.2) is 9.18 Å². The molecule has 0 aromatic heterocycles. The van der Waals surface area contributed by atoms with Gasteiger partial charge in [-0.05, 0) is 35.9 Å². The Morgan fingerprint density at radius 1 is 1.25 bits per heavy atom. The van der Waals surface area contributed by atoms with Gasteiger partial charge in [-0.3, -0.25) is 4.21 Å². The van der Waals surface area contributed by atoms with Gasteiger partial charge in [0, 0.05) is 4.90 Å². The zero-order chi connectivity index (χ0) is 14.7. The van der Waals surface area contributed by atoms with Crippen LogP contribution in [0.25, 0.3) is 0 Å². The molecule has 0 aliphatic carbocycles. The van der Waals surface area contributed by atoms with Crippen molar-refractivity contribution >= 4 is 28.4 Å². The minimum absolute atomic E-state index is 0.00686. The fraction of sp³-hybridized carbons (Fsp3) is 0.0714. The molecule has 0 fully saturated rings. The van der Waals surface area contributed by atoms with Crippen molar-refractivity contribution < 1.29 is 18.5 Å². The van der Waals surface area contributed by atoms with Crippen LogP contribution in [-0.2, 0) is 16.6 Å². The van der Waals surface area contributed by atoms with Crippen LogP contribution in [0.5, 0.6) is 0 Å². The zero-order valence-electron chi connectivity index (χ0n) is 10.2. The van der Waals surface area contributed by atoms with E-state index in [9.17, 15) is 13.4 Å². The van der Waals surface area contributed by atoms with Gasteiger partial charge in [-0.2, -0.15) is 0 Å². The van der Waals surface area contributed by atoms with Crippen LogP contribution < -0.4 is 0 Å². The third-order valence-electron chi connectivity index (χ3n) is 2.63. The molecule has 2 rings (SSSR count). The molecule has 1 atom stereocenters. The van der Waals surface area contributed by atoms with Gasteiger partial charge >= 0.3 is 5.97 Å². The van der Waals surface area contributed by atoms with Crippen LogP contribution in [0.4, 0.5) is 4.39 Å². The molecule has 1 N–H and O–H groups in total. The maximum absolute atomic E-state index is 13.3. The lowest BCUT2D eigenvalue weighted by molar-refractivity contribution is 0.0696. The Kier molecular flexibility index (Phi) is 4.52. The van der Waals surface area contributed by atoms with E-state index in [2.05, 4.69) is 0 Å². The summed E-state index contributed by atoms with van der Waals surface area (Å²) in [6, 6.07) is 10.1. The van der Waals surface area contributed by atoms with Crippen molar-refractivity contribution in [2.24, 2.45) is 0 Å². The largest absolute Gasteiger partial charge is 0.478 e. The van der Waals surface area contributed by atoms with Gasteiger partial charge in [-0.1, -0.05) is 23.7 Å². The van der Waals surface area contributed by atoms with E-state index in [-0.39, 0.29) is 16.3 Å². The van der Waals surface area contributed by atoms with Crippen LogP contribution in [0.15, 0.2) is 47.4 Å². The highest BCUT2D eigenvalue weighted by molar-refractivity contribution is 7.84. The normalized spacial score (nSPS) is 12.1. The first-order valence-corrected chi connectivity index (χ1v) is 7.33. The summed E-state index contributed by atoms with van der Waals surface area (Å²) in [6.45, 7) is 0. The van der Waals surface area contributed by atoms with Crippen LogP contribution in [0.2, 0.25) is 5.02 Å². The molecule has 0 aliphatic heterocycles. The molecule has 0 saturated carbocycles. The average Bonchev–Trinajstić information content (AvgIpc) is 2.43. The average molecular weight is 313 g/mol. The van der Waals surface area contributed by atoms with Crippen LogP contribution in [0.3, 0.4) is 0 Å². The standard InChI is InChI=1S/C14H10ClFO3S/c15-12-5-4-9(6-13(12)16)8-20(19)11-3-1-2-10(7-11)14(17)18/h1-7H,8H2,(H,17,18). The Morgan fingerprint density at radius 3 is 2.65 bits per heavy atom. The van der Waals surface area contributed by atoms with Crippen LogP contribution in [0, 0.1) is 5.82 Å². The van der Waals surface area contributed by atoms with Crippen molar-refractivity contribution in [3.05, 3.63) is 64.4 Å². The van der Waals surface area contributed by atoms with Crippen LogP contribution in [0.1, 0.15) is 15.9 Å². The van der Waals surface area contributed by atoms with Crippen molar-refractivity contribution in [1.82, 2.24) is 0 Å². The second kappa shape index (κ2) is 6.15. The van der Waals surface area contributed by atoms with E-state index >= 15 is 0 Å². The zero-order valence-corrected chi connectivity index (χ0v) is 11.7. The monoisotopic (exact) mass is 312 g/mol. The fourth-order valence-corrected chi connectivity index (χ4v) is 2.89. The highest BCUT2D eigenvalue weighted by atomic mass is 35.5. The van der Waals surface area contributed by atoms with Gasteiger partial charge in [-0.15, -0.1) is 0 Å². The maximum Gasteiger partial charge on any atom is 0.335 e. The second-order valence-corrected chi connectivity index (χ2v) is 5.93. The number of halogens is 2. The molecule has 0 aliphatic rings. The molecule has 1 unspecified atom stereocenters. The van der Waals surface area contributed by atoms with Crippen molar-refractivity contribution in [2.75, 3.05) is 0 Å². The van der Waals surface area contributed by atoms with Gasteiger partial charge in [0.2, 0.25) is 0 Å². The smallest absolute Gasteiger partial charge is 0.335 e. The number of benzene rings is 2. The molecule has 0 amide bonds. The van der Waals surface area contributed by atoms with Gasteiger partial charge < -0.3 is 5.11 Å². The summed E-state index contributed by atoms with van der Waals surface area (Å²) < 4.78 is 25.4. The van der Waals surface area contributed by atoms with Gasteiger partial charge in [0.05, 0.1) is 27.1 Å². The van der Waals surface area contributed by atoms with E-state index in [1.807, 2.05) is 0 Å². The molecule has 104 valence electrons. The third-order valence-corrected chi connectivity index (χ3v) is 4.31. The molecule has 3 nitrogen and oxygen atoms in total. The minimum Gasteiger partial charge on any atom is -0.478 e. The molecule has 0 saturated heterocycles. The third kappa shape index (κ3) is 3.43. The quantitative estimate of drug-likeness (QED) is 0.940. The number of carboxylic acids is 1. The fourth-order valence-electron chi connectivity index (χ4n) is 1.63. The molecule has 0 bridgehead atoms. The van der Waals surface area contributed by atoms with Crippen molar-refractivity contribution in [2.45, 2.75) is 10.6 Å². The van der Waals surface area contributed by atoms with E-state index in [0.717, 1.165) is 0 Å². The van der Waals surface area contributed by atoms with Crippen LogP contribution in [-0.4, -0.2) is 15.3 Å². The molecular formula is C14H10ClFO3S. The van der Waals surface area contributed by atoms with E-state index in [0.29, 0.717) is 10.5 Å². The topological polar surface area (TPSA) is 54.4 Å². The predicted octanol–water partition coefficient (Wildman–Crippen LogP) is 3.49. The number of rotatable bonds is 4. The molecular weight excluding hydrogens is 303 g/mol. The number of hydrogen-bond acceptors (Lipinski definition) is 2. The number of aromatic carboxylic acids is 1. The molecule has 2 aromatic carbocycles. The van der Waals surface area contributed by atoms with Crippen molar-refractivity contribution in [1.29, 1.82) is 0 Å². The Morgan fingerprint density at radius 2 is 2.00 bits per heavy atom. The molecule has 0 radical (unpaired) electrons. The van der Waals surface area contributed by atoms with E-state index in [1.54, 1.807) is 12.1 Å². The van der Waals surface area contributed by atoms with Crippen molar-refractivity contribution in [3.63, 3.8) is 0 Å².